The molecule has 0 fully saturated rings. The van der Waals surface area contributed by atoms with Gasteiger partial charge in [0.05, 0.1) is 11.3 Å². The van der Waals surface area contributed by atoms with Crippen molar-refractivity contribution in [3.05, 3.63) is 52.6 Å². The fourth-order valence-electron chi connectivity index (χ4n) is 1.68. The molecule has 0 spiro atoms. The van der Waals surface area contributed by atoms with Gasteiger partial charge in [0, 0.05) is 31.5 Å². The van der Waals surface area contributed by atoms with Gasteiger partial charge >= 0.3 is 0 Å². The summed E-state index contributed by atoms with van der Waals surface area (Å²) in [4.78, 5) is 25.9. The molecule has 0 aliphatic rings. The number of nitrogens with zero attached hydrogens (tertiary/aromatic N) is 3. The Hall–Kier alpha value is -2.90. The minimum Gasteiger partial charge on any atom is -0.508 e. The van der Waals surface area contributed by atoms with Crippen molar-refractivity contribution in [1.82, 2.24) is 14.9 Å². The lowest BCUT2D eigenvalue weighted by molar-refractivity contribution is -0.385. The molecule has 0 saturated carbocycles. The average molecular weight is 276 g/mol. The SMILES string of the molecule is O=C(NCCn1ccnc1)c1cc(O)ccc1[N+](=O)[O-]. The summed E-state index contributed by atoms with van der Waals surface area (Å²) in [6.45, 7) is 0.792. The summed E-state index contributed by atoms with van der Waals surface area (Å²) in [6.07, 6.45) is 4.95. The summed E-state index contributed by atoms with van der Waals surface area (Å²) >= 11 is 0. The van der Waals surface area contributed by atoms with Gasteiger partial charge in [-0.2, -0.15) is 0 Å². The number of nitro groups is 1. The molecule has 1 aromatic carbocycles. The van der Waals surface area contributed by atoms with Crippen molar-refractivity contribution in [3.8, 4) is 5.75 Å². The molecule has 0 aliphatic heterocycles. The van der Waals surface area contributed by atoms with E-state index in [1.165, 1.54) is 6.07 Å². The van der Waals surface area contributed by atoms with Gasteiger partial charge in [0.15, 0.2) is 0 Å². The summed E-state index contributed by atoms with van der Waals surface area (Å²) in [5.41, 5.74) is -0.511. The van der Waals surface area contributed by atoms with Crippen molar-refractivity contribution in [2.24, 2.45) is 0 Å². The number of rotatable bonds is 5. The molecule has 2 rings (SSSR count). The van der Waals surface area contributed by atoms with Crippen LogP contribution in [0.1, 0.15) is 10.4 Å². The van der Waals surface area contributed by atoms with E-state index >= 15 is 0 Å². The number of phenolic OH excluding ortho intramolecular Hbond substituents is 1. The highest BCUT2D eigenvalue weighted by Gasteiger charge is 2.20. The van der Waals surface area contributed by atoms with Crippen LogP contribution in [0.2, 0.25) is 0 Å². The number of imidazole rings is 1. The Labute approximate surface area is 113 Å². The van der Waals surface area contributed by atoms with Crippen LogP contribution in [0, 0.1) is 10.1 Å². The Kier molecular flexibility index (Phi) is 3.94. The zero-order valence-electron chi connectivity index (χ0n) is 10.4. The summed E-state index contributed by atoms with van der Waals surface area (Å²) in [6, 6.07) is 3.34. The Morgan fingerprint density at radius 1 is 1.50 bits per heavy atom. The van der Waals surface area contributed by atoms with Crippen LogP contribution in [0.15, 0.2) is 36.9 Å². The Balaban J connectivity index is 2.05. The maximum Gasteiger partial charge on any atom is 0.282 e. The lowest BCUT2D eigenvalue weighted by Crippen LogP contribution is -2.27. The monoisotopic (exact) mass is 276 g/mol. The zero-order valence-corrected chi connectivity index (χ0v) is 10.4. The van der Waals surface area contributed by atoms with E-state index in [0.29, 0.717) is 13.1 Å². The molecule has 0 unspecified atom stereocenters. The van der Waals surface area contributed by atoms with Crippen LogP contribution in [-0.2, 0) is 6.54 Å². The number of nitro benzene ring substituents is 1. The molecule has 1 amide bonds. The smallest absolute Gasteiger partial charge is 0.282 e. The predicted molar refractivity (Wildman–Crippen MR) is 69.3 cm³/mol. The summed E-state index contributed by atoms with van der Waals surface area (Å²) in [7, 11) is 0. The number of aromatic hydroxyl groups is 1. The first kappa shape index (κ1) is 13.5. The van der Waals surface area contributed by atoms with E-state index in [-0.39, 0.29) is 17.0 Å². The third kappa shape index (κ3) is 3.10. The molecule has 104 valence electrons. The van der Waals surface area contributed by atoms with Gasteiger partial charge in [-0.15, -0.1) is 0 Å². The molecule has 20 heavy (non-hydrogen) atoms. The Morgan fingerprint density at radius 2 is 2.30 bits per heavy atom. The lowest BCUT2D eigenvalue weighted by Gasteiger charge is -2.06. The van der Waals surface area contributed by atoms with Gasteiger partial charge in [-0.3, -0.25) is 14.9 Å². The van der Waals surface area contributed by atoms with Crippen molar-refractivity contribution in [2.75, 3.05) is 6.54 Å². The van der Waals surface area contributed by atoms with Gasteiger partial charge in [0.1, 0.15) is 11.3 Å². The van der Waals surface area contributed by atoms with Crippen LogP contribution in [-0.4, -0.2) is 32.0 Å². The quantitative estimate of drug-likeness (QED) is 0.623. The maximum atomic E-state index is 11.9. The highest BCUT2D eigenvalue weighted by molar-refractivity contribution is 5.98. The highest BCUT2D eigenvalue weighted by Crippen LogP contribution is 2.22. The number of hydrogen-bond acceptors (Lipinski definition) is 5. The zero-order chi connectivity index (χ0) is 14.5. The van der Waals surface area contributed by atoms with Crippen molar-refractivity contribution < 1.29 is 14.8 Å². The first-order valence-corrected chi connectivity index (χ1v) is 5.79. The van der Waals surface area contributed by atoms with Crippen molar-refractivity contribution in [3.63, 3.8) is 0 Å². The lowest BCUT2D eigenvalue weighted by atomic mass is 10.1. The van der Waals surface area contributed by atoms with Crippen LogP contribution in [0.3, 0.4) is 0 Å². The second-order valence-electron chi connectivity index (χ2n) is 4.01. The van der Waals surface area contributed by atoms with Gasteiger partial charge < -0.3 is 15.0 Å². The van der Waals surface area contributed by atoms with Crippen molar-refractivity contribution in [1.29, 1.82) is 0 Å². The Bertz CT molecular complexity index is 624. The third-order valence-electron chi connectivity index (χ3n) is 2.64. The molecule has 2 aromatic rings. The van der Waals surface area contributed by atoms with Gasteiger partial charge in [-0.1, -0.05) is 0 Å². The molecule has 8 heteroatoms. The van der Waals surface area contributed by atoms with E-state index in [9.17, 15) is 20.0 Å². The van der Waals surface area contributed by atoms with Crippen LogP contribution >= 0.6 is 0 Å². The first-order valence-electron chi connectivity index (χ1n) is 5.79. The minimum atomic E-state index is -0.662. The second-order valence-corrected chi connectivity index (χ2v) is 4.01. The molecule has 0 atom stereocenters. The highest BCUT2D eigenvalue weighted by atomic mass is 16.6. The standard InChI is InChI=1S/C12H12N4O4/c17-9-1-2-11(16(19)20)10(7-9)12(18)14-4-6-15-5-3-13-8-15/h1-3,5,7-8,17H,4,6H2,(H,14,18). The average Bonchev–Trinajstić information content (AvgIpc) is 2.91. The minimum absolute atomic E-state index is 0.166. The first-order chi connectivity index (χ1) is 9.58. The van der Waals surface area contributed by atoms with E-state index in [2.05, 4.69) is 10.3 Å². The second kappa shape index (κ2) is 5.83. The predicted octanol–water partition coefficient (Wildman–Crippen LogP) is 0.927. The van der Waals surface area contributed by atoms with Gasteiger partial charge in [-0.25, -0.2) is 4.98 Å². The van der Waals surface area contributed by atoms with Crippen LogP contribution < -0.4 is 5.32 Å². The number of aromatic nitrogens is 2. The molecule has 1 aromatic heterocycles. The van der Waals surface area contributed by atoms with E-state index < -0.39 is 10.8 Å². The molecule has 2 N–H and O–H groups in total. The molecule has 8 nitrogen and oxygen atoms in total. The number of nitrogens with one attached hydrogen (secondary N) is 1. The van der Waals surface area contributed by atoms with E-state index in [1.54, 1.807) is 23.3 Å². The van der Waals surface area contributed by atoms with Gasteiger partial charge in [0.2, 0.25) is 0 Å². The van der Waals surface area contributed by atoms with E-state index in [1.807, 2.05) is 0 Å². The number of carbonyl (C=O) groups is 1. The third-order valence-corrected chi connectivity index (χ3v) is 2.64. The van der Waals surface area contributed by atoms with Crippen LogP contribution in [0.5, 0.6) is 5.75 Å². The summed E-state index contributed by atoms with van der Waals surface area (Å²) in [5, 5.41) is 22.7. The molecule has 0 saturated heterocycles. The fraction of sp³-hybridized carbons (Fsp3) is 0.167. The number of amides is 1. The molecular weight excluding hydrogens is 264 g/mol. The topological polar surface area (TPSA) is 110 Å². The van der Waals surface area contributed by atoms with Crippen molar-refractivity contribution >= 4 is 11.6 Å². The number of benzene rings is 1. The molecular formula is C12H12N4O4. The molecule has 0 bridgehead atoms. The summed E-state index contributed by atoms with van der Waals surface area (Å²) < 4.78 is 1.76. The van der Waals surface area contributed by atoms with Crippen molar-refractivity contribution in [2.45, 2.75) is 6.54 Å². The number of hydrogen-bond donors (Lipinski definition) is 2. The largest absolute Gasteiger partial charge is 0.508 e. The molecule has 0 radical (unpaired) electrons. The van der Waals surface area contributed by atoms with Crippen LogP contribution in [0.25, 0.3) is 0 Å². The van der Waals surface area contributed by atoms with E-state index in [0.717, 1.165) is 12.1 Å². The number of carbonyl (C=O) groups excluding carboxylic acids is 1. The van der Waals surface area contributed by atoms with Crippen LogP contribution in [0.4, 0.5) is 5.69 Å². The van der Waals surface area contributed by atoms with Gasteiger partial charge in [-0.05, 0) is 12.1 Å². The fourth-order valence-corrected chi connectivity index (χ4v) is 1.68. The number of phenols is 1. The maximum absolute atomic E-state index is 11.9. The van der Waals surface area contributed by atoms with E-state index in [4.69, 9.17) is 0 Å². The molecule has 1 heterocycles. The normalized spacial score (nSPS) is 10.2. The Morgan fingerprint density at radius 3 is 2.95 bits per heavy atom. The summed E-state index contributed by atoms with van der Waals surface area (Å²) in [5.74, 6) is -0.803. The molecule has 0 aliphatic carbocycles. The van der Waals surface area contributed by atoms with Gasteiger partial charge in [0.25, 0.3) is 11.6 Å².